The van der Waals surface area contributed by atoms with Crippen molar-refractivity contribution in [3.63, 3.8) is 0 Å². The third-order valence-corrected chi connectivity index (χ3v) is 7.62. The number of aromatic nitrogens is 5. The van der Waals surface area contributed by atoms with Gasteiger partial charge in [0.15, 0.2) is 0 Å². The second-order valence-corrected chi connectivity index (χ2v) is 9.69. The third kappa shape index (κ3) is 4.58. The molecule has 0 bridgehead atoms. The Morgan fingerprint density at radius 2 is 2.03 bits per heavy atom. The lowest BCUT2D eigenvalue weighted by Crippen LogP contribution is -2.39. The summed E-state index contributed by atoms with van der Waals surface area (Å²) in [6, 6.07) is 15.8. The van der Waals surface area contributed by atoms with E-state index in [-0.39, 0.29) is 17.7 Å². The highest BCUT2D eigenvalue weighted by molar-refractivity contribution is 7.99. The summed E-state index contributed by atoms with van der Waals surface area (Å²) in [5, 5.41) is 13.7. The molecule has 2 aromatic heterocycles. The summed E-state index contributed by atoms with van der Waals surface area (Å²) in [5.74, 6) is 1.04. The predicted molar refractivity (Wildman–Crippen MR) is 129 cm³/mol. The molecule has 8 nitrogen and oxygen atoms in total. The largest absolute Gasteiger partial charge is 0.492 e. The molecule has 2 aromatic carbocycles. The topological polar surface area (TPSA) is 86.0 Å². The van der Waals surface area contributed by atoms with Crippen molar-refractivity contribution in [3.8, 4) is 11.4 Å². The second kappa shape index (κ2) is 9.88. The van der Waals surface area contributed by atoms with Gasteiger partial charge in [0.25, 0.3) is 0 Å². The SMILES string of the molecule is CCOc1ccccc1-n1nnnc1SCC(=O)N1CCCC[C@@H]1c1nc2ccccc2s1. The average Bonchev–Trinajstić information content (AvgIpc) is 3.50. The molecule has 4 aromatic rings. The van der Waals surface area contributed by atoms with Gasteiger partial charge in [0, 0.05) is 6.54 Å². The zero-order valence-electron chi connectivity index (χ0n) is 18.3. The number of fused-ring (bicyclic) bond motifs is 1. The van der Waals surface area contributed by atoms with Gasteiger partial charge in [-0.2, -0.15) is 4.68 Å². The molecule has 1 aliphatic heterocycles. The molecule has 5 rings (SSSR count). The number of hydrogen-bond acceptors (Lipinski definition) is 8. The van der Waals surface area contributed by atoms with Crippen LogP contribution in [0, 0.1) is 0 Å². The number of ether oxygens (including phenoxy) is 1. The predicted octanol–water partition coefficient (Wildman–Crippen LogP) is 4.52. The van der Waals surface area contributed by atoms with Gasteiger partial charge in [0.1, 0.15) is 16.4 Å². The van der Waals surface area contributed by atoms with E-state index in [1.807, 2.05) is 54.3 Å². The number of amides is 1. The van der Waals surface area contributed by atoms with Gasteiger partial charge < -0.3 is 9.64 Å². The van der Waals surface area contributed by atoms with Gasteiger partial charge in [0.05, 0.1) is 28.6 Å². The fraction of sp³-hybridized carbons (Fsp3) is 0.348. The number of para-hydroxylation sites is 3. The molecule has 1 atom stereocenters. The van der Waals surface area contributed by atoms with Crippen LogP contribution in [-0.2, 0) is 4.79 Å². The van der Waals surface area contributed by atoms with Crippen molar-refractivity contribution in [2.24, 2.45) is 0 Å². The quantitative estimate of drug-likeness (QED) is 0.360. The lowest BCUT2D eigenvalue weighted by molar-refractivity contribution is -0.132. The van der Waals surface area contributed by atoms with Crippen LogP contribution in [-0.4, -0.2) is 54.9 Å². The van der Waals surface area contributed by atoms with E-state index >= 15 is 0 Å². The molecule has 0 N–H and O–H groups in total. The zero-order valence-corrected chi connectivity index (χ0v) is 19.9. The minimum atomic E-state index is 0.0268. The van der Waals surface area contributed by atoms with Gasteiger partial charge in [-0.15, -0.1) is 16.4 Å². The number of tetrazole rings is 1. The number of piperidine rings is 1. The number of thioether (sulfide) groups is 1. The van der Waals surface area contributed by atoms with Crippen molar-refractivity contribution in [2.45, 2.75) is 37.4 Å². The molecule has 1 amide bonds. The first-order valence-corrected chi connectivity index (χ1v) is 12.8. The van der Waals surface area contributed by atoms with Crippen LogP contribution in [0.4, 0.5) is 0 Å². The number of thiazole rings is 1. The molecular weight excluding hydrogens is 456 g/mol. The summed E-state index contributed by atoms with van der Waals surface area (Å²) in [7, 11) is 0. The maximum absolute atomic E-state index is 13.3. The average molecular weight is 481 g/mol. The van der Waals surface area contributed by atoms with E-state index in [0.29, 0.717) is 17.5 Å². The number of likely N-dealkylation sites (tertiary alicyclic amines) is 1. The Morgan fingerprint density at radius 1 is 1.18 bits per heavy atom. The summed E-state index contributed by atoms with van der Waals surface area (Å²) < 4.78 is 8.51. The van der Waals surface area contributed by atoms with Gasteiger partial charge in [-0.3, -0.25) is 4.79 Å². The Morgan fingerprint density at radius 3 is 2.91 bits per heavy atom. The van der Waals surface area contributed by atoms with Gasteiger partial charge in [-0.25, -0.2) is 4.98 Å². The smallest absolute Gasteiger partial charge is 0.233 e. The molecule has 0 saturated carbocycles. The van der Waals surface area contributed by atoms with Crippen LogP contribution in [0.25, 0.3) is 15.9 Å². The third-order valence-electron chi connectivity index (χ3n) is 5.58. The van der Waals surface area contributed by atoms with Crippen molar-refractivity contribution in [1.29, 1.82) is 0 Å². The normalized spacial score (nSPS) is 16.3. The molecule has 33 heavy (non-hydrogen) atoms. The van der Waals surface area contributed by atoms with Crippen LogP contribution in [0.5, 0.6) is 5.75 Å². The maximum atomic E-state index is 13.3. The first-order valence-electron chi connectivity index (χ1n) is 11.0. The second-order valence-electron chi connectivity index (χ2n) is 7.68. The van der Waals surface area contributed by atoms with Crippen molar-refractivity contribution in [1.82, 2.24) is 30.1 Å². The van der Waals surface area contributed by atoms with E-state index in [4.69, 9.17) is 9.72 Å². The molecule has 0 radical (unpaired) electrons. The molecule has 0 spiro atoms. The Labute approximate surface area is 200 Å². The Balaban J connectivity index is 1.32. The molecule has 10 heteroatoms. The maximum Gasteiger partial charge on any atom is 0.233 e. The fourth-order valence-corrected chi connectivity index (χ4v) is 5.94. The van der Waals surface area contributed by atoms with Crippen molar-refractivity contribution in [2.75, 3.05) is 18.9 Å². The highest BCUT2D eigenvalue weighted by Crippen LogP contribution is 2.36. The molecule has 1 saturated heterocycles. The molecule has 3 heterocycles. The van der Waals surface area contributed by atoms with Gasteiger partial charge in [-0.05, 0) is 60.9 Å². The summed E-state index contributed by atoms with van der Waals surface area (Å²) in [5.41, 5.74) is 1.75. The molecule has 1 fully saturated rings. The van der Waals surface area contributed by atoms with E-state index in [1.54, 1.807) is 16.0 Å². The molecular formula is C23H24N6O2S2. The lowest BCUT2D eigenvalue weighted by atomic mass is 10.0. The first-order chi connectivity index (χ1) is 16.2. The number of rotatable bonds is 7. The minimum Gasteiger partial charge on any atom is -0.492 e. The van der Waals surface area contributed by atoms with E-state index in [2.05, 4.69) is 21.6 Å². The minimum absolute atomic E-state index is 0.0268. The summed E-state index contributed by atoms with van der Waals surface area (Å²) >= 11 is 3.03. The fourth-order valence-electron chi connectivity index (χ4n) is 4.06. The summed E-state index contributed by atoms with van der Waals surface area (Å²) in [4.78, 5) is 20.1. The van der Waals surface area contributed by atoms with Crippen LogP contribution in [0.15, 0.2) is 53.7 Å². The summed E-state index contributed by atoms with van der Waals surface area (Å²) in [6.45, 7) is 3.23. The monoisotopic (exact) mass is 480 g/mol. The first kappa shape index (κ1) is 21.8. The van der Waals surface area contributed by atoms with E-state index in [1.165, 1.54) is 11.8 Å². The highest BCUT2D eigenvalue weighted by Gasteiger charge is 2.30. The van der Waals surface area contributed by atoms with E-state index < -0.39 is 0 Å². The number of benzene rings is 2. The van der Waals surface area contributed by atoms with Crippen LogP contribution in [0.3, 0.4) is 0 Å². The van der Waals surface area contributed by atoms with E-state index in [9.17, 15) is 4.79 Å². The number of carbonyl (C=O) groups is 1. The number of nitrogens with zero attached hydrogens (tertiary/aromatic N) is 6. The number of carbonyl (C=O) groups excluding carboxylic acids is 1. The van der Waals surface area contributed by atoms with Gasteiger partial charge in [0.2, 0.25) is 11.1 Å². The van der Waals surface area contributed by atoms with E-state index in [0.717, 1.165) is 46.7 Å². The Kier molecular flexibility index (Phi) is 6.54. The van der Waals surface area contributed by atoms with Crippen LogP contribution < -0.4 is 4.74 Å². The van der Waals surface area contributed by atoms with Crippen molar-refractivity contribution in [3.05, 3.63) is 53.5 Å². The Bertz CT molecular complexity index is 1220. The molecule has 0 unspecified atom stereocenters. The summed E-state index contributed by atoms with van der Waals surface area (Å²) in [6.07, 6.45) is 3.05. The molecule has 1 aliphatic rings. The molecule has 0 aliphatic carbocycles. The van der Waals surface area contributed by atoms with Gasteiger partial charge in [-0.1, -0.05) is 36.0 Å². The van der Waals surface area contributed by atoms with Crippen LogP contribution in [0.1, 0.15) is 37.2 Å². The van der Waals surface area contributed by atoms with Gasteiger partial charge >= 0.3 is 0 Å². The number of hydrogen-bond donors (Lipinski definition) is 0. The van der Waals surface area contributed by atoms with Crippen molar-refractivity contribution >= 4 is 39.2 Å². The standard InChI is InChI=1S/C23H24N6O2S2/c1-2-31-19-12-5-4-10-17(19)29-23(25-26-27-29)32-15-21(30)28-14-8-7-11-18(28)22-24-16-9-3-6-13-20(16)33-22/h3-6,9-10,12-13,18H,2,7-8,11,14-15H2,1H3/t18-/m1/s1. The lowest BCUT2D eigenvalue weighted by Gasteiger charge is -2.34. The molecule has 170 valence electrons. The van der Waals surface area contributed by atoms with Crippen molar-refractivity contribution < 1.29 is 9.53 Å². The zero-order chi connectivity index (χ0) is 22.6. The Hall–Kier alpha value is -2.98. The van der Waals surface area contributed by atoms with Crippen LogP contribution in [0.2, 0.25) is 0 Å². The van der Waals surface area contributed by atoms with Crippen LogP contribution >= 0.6 is 23.1 Å². The highest BCUT2D eigenvalue weighted by atomic mass is 32.2.